The minimum atomic E-state index is -0.167. The van der Waals surface area contributed by atoms with E-state index in [2.05, 4.69) is 0 Å². The highest BCUT2D eigenvalue weighted by Crippen LogP contribution is 2.60. The van der Waals surface area contributed by atoms with Crippen molar-refractivity contribution >= 4 is 0 Å². The number of aliphatic hydroxyl groups excluding tert-OH is 1. The Morgan fingerprint density at radius 2 is 2.18 bits per heavy atom. The molecule has 1 aliphatic rings. The molecule has 1 saturated carbocycles. The first kappa shape index (κ1) is 12.2. The Morgan fingerprint density at radius 3 is 2.65 bits per heavy atom. The Hall–Kier alpha value is -1.26. The van der Waals surface area contributed by atoms with E-state index in [0.29, 0.717) is 6.54 Å². The van der Waals surface area contributed by atoms with Gasteiger partial charge in [-0.2, -0.15) is 0 Å². The third-order valence-corrected chi connectivity index (χ3v) is 3.72. The van der Waals surface area contributed by atoms with Crippen molar-refractivity contribution < 1.29 is 14.6 Å². The van der Waals surface area contributed by atoms with Gasteiger partial charge in [0.05, 0.1) is 20.8 Å². The van der Waals surface area contributed by atoms with Gasteiger partial charge in [-0.1, -0.05) is 12.1 Å². The van der Waals surface area contributed by atoms with Crippen LogP contribution in [0.3, 0.4) is 0 Å². The molecule has 0 unspecified atom stereocenters. The highest BCUT2D eigenvalue weighted by atomic mass is 16.5. The molecule has 0 amide bonds. The second kappa shape index (κ2) is 4.55. The van der Waals surface area contributed by atoms with Crippen LogP contribution in [0.1, 0.15) is 17.9 Å². The normalized spacial score (nSPS) is 26.7. The average Bonchev–Trinajstić information content (AvgIpc) is 3.12. The Balaban J connectivity index is 2.34. The molecule has 0 aliphatic heterocycles. The van der Waals surface area contributed by atoms with E-state index in [0.717, 1.165) is 23.5 Å². The minimum absolute atomic E-state index is 0.120. The number of nitrogens with two attached hydrogens (primary N) is 1. The van der Waals surface area contributed by atoms with E-state index in [1.165, 1.54) is 0 Å². The van der Waals surface area contributed by atoms with Gasteiger partial charge in [-0.05, 0) is 18.4 Å². The quantitative estimate of drug-likeness (QED) is 0.805. The van der Waals surface area contributed by atoms with Gasteiger partial charge < -0.3 is 20.3 Å². The fourth-order valence-electron chi connectivity index (χ4n) is 2.44. The lowest BCUT2D eigenvalue weighted by Gasteiger charge is -2.15. The molecule has 1 fully saturated rings. The SMILES string of the molecule is COc1cccc([C@H]2C[C@@]2(CN)CO)c1OC. The molecule has 4 nitrogen and oxygen atoms in total. The van der Waals surface area contributed by atoms with Gasteiger partial charge in [0.15, 0.2) is 11.5 Å². The molecule has 17 heavy (non-hydrogen) atoms. The smallest absolute Gasteiger partial charge is 0.164 e. The van der Waals surface area contributed by atoms with E-state index >= 15 is 0 Å². The molecule has 0 bridgehead atoms. The largest absolute Gasteiger partial charge is 0.493 e. The number of rotatable bonds is 5. The third kappa shape index (κ3) is 1.87. The van der Waals surface area contributed by atoms with Gasteiger partial charge in [-0.25, -0.2) is 0 Å². The summed E-state index contributed by atoms with van der Waals surface area (Å²) in [6.07, 6.45) is 0.906. The van der Waals surface area contributed by atoms with E-state index in [-0.39, 0.29) is 17.9 Å². The molecule has 1 aliphatic carbocycles. The monoisotopic (exact) mass is 237 g/mol. The first-order valence-electron chi connectivity index (χ1n) is 5.74. The van der Waals surface area contributed by atoms with Crippen LogP contribution in [0.2, 0.25) is 0 Å². The number of hydrogen-bond donors (Lipinski definition) is 2. The summed E-state index contributed by atoms with van der Waals surface area (Å²) in [7, 11) is 3.25. The van der Waals surface area contributed by atoms with Crippen LogP contribution in [0.5, 0.6) is 11.5 Å². The second-order valence-corrected chi connectivity index (χ2v) is 4.56. The van der Waals surface area contributed by atoms with Crippen LogP contribution in [0, 0.1) is 5.41 Å². The predicted molar refractivity (Wildman–Crippen MR) is 65.5 cm³/mol. The minimum Gasteiger partial charge on any atom is -0.493 e. The molecule has 1 aromatic rings. The van der Waals surface area contributed by atoms with Gasteiger partial charge in [-0.15, -0.1) is 0 Å². The Bertz CT molecular complexity index is 402. The molecule has 1 aromatic carbocycles. The first-order valence-corrected chi connectivity index (χ1v) is 5.74. The van der Waals surface area contributed by atoms with Gasteiger partial charge in [0.1, 0.15) is 0 Å². The Kier molecular flexibility index (Phi) is 3.26. The van der Waals surface area contributed by atoms with Crippen molar-refractivity contribution in [3.05, 3.63) is 23.8 Å². The average molecular weight is 237 g/mol. The van der Waals surface area contributed by atoms with Gasteiger partial charge in [0.2, 0.25) is 0 Å². The highest BCUT2D eigenvalue weighted by Gasteiger charge is 2.54. The van der Waals surface area contributed by atoms with Crippen LogP contribution in [-0.4, -0.2) is 32.5 Å². The van der Waals surface area contributed by atoms with E-state index in [1.54, 1.807) is 14.2 Å². The molecule has 0 spiro atoms. The van der Waals surface area contributed by atoms with Crippen molar-refractivity contribution in [2.45, 2.75) is 12.3 Å². The summed E-state index contributed by atoms with van der Waals surface area (Å²) in [6.45, 7) is 0.614. The van der Waals surface area contributed by atoms with E-state index in [1.807, 2.05) is 18.2 Å². The molecule has 0 heterocycles. The zero-order chi connectivity index (χ0) is 12.5. The number of ether oxygens (including phenoxy) is 2. The van der Waals surface area contributed by atoms with E-state index in [9.17, 15) is 5.11 Å². The lowest BCUT2D eigenvalue weighted by Crippen LogP contribution is -2.21. The zero-order valence-corrected chi connectivity index (χ0v) is 10.3. The molecule has 3 N–H and O–H groups in total. The summed E-state index contributed by atoms with van der Waals surface area (Å²) < 4.78 is 10.7. The molecule has 4 heteroatoms. The molecule has 0 aromatic heterocycles. The molecule has 0 radical (unpaired) electrons. The predicted octanol–water partition coefficient (Wildman–Crippen LogP) is 1.13. The van der Waals surface area contributed by atoms with Gasteiger partial charge in [0.25, 0.3) is 0 Å². The van der Waals surface area contributed by atoms with E-state index in [4.69, 9.17) is 15.2 Å². The molecule has 2 rings (SSSR count). The van der Waals surface area contributed by atoms with Crippen LogP contribution < -0.4 is 15.2 Å². The van der Waals surface area contributed by atoms with Gasteiger partial charge in [-0.3, -0.25) is 0 Å². The first-order chi connectivity index (χ1) is 8.22. The summed E-state index contributed by atoms with van der Waals surface area (Å²) in [5.41, 5.74) is 6.65. The molecular formula is C13H19NO3. The summed E-state index contributed by atoms with van der Waals surface area (Å²) >= 11 is 0. The van der Waals surface area contributed by atoms with Crippen LogP contribution in [-0.2, 0) is 0 Å². The van der Waals surface area contributed by atoms with E-state index < -0.39 is 0 Å². The number of aliphatic hydroxyl groups is 1. The summed E-state index contributed by atoms with van der Waals surface area (Å²) in [5, 5.41) is 9.43. The van der Waals surface area contributed by atoms with Crippen LogP contribution in [0.25, 0.3) is 0 Å². The maximum absolute atomic E-state index is 9.43. The maximum Gasteiger partial charge on any atom is 0.164 e. The van der Waals surface area contributed by atoms with Crippen LogP contribution in [0.15, 0.2) is 18.2 Å². The fraction of sp³-hybridized carbons (Fsp3) is 0.538. The number of hydrogen-bond acceptors (Lipinski definition) is 4. The molecule has 0 saturated heterocycles. The summed E-state index contributed by atoms with van der Waals surface area (Å²) in [5.74, 6) is 1.74. The van der Waals surface area contributed by atoms with Gasteiger partial charge in [0, 0.05) is 17.5 Å². The lowest BCUT2D eigenvalue weighted by atomic mass is 9.99. The molecular weight excluding hydrogens is 218 g/mol. The second-order valence-electron chi connectivity index (χ2n) is 4.56. The number of para-hydroxylation sites is 1. The standard InChI is InChI=1S/C13H19NO3/c1-16-11-5-3-4-9(12(11)17-2)10-6-13(10,7-14)8-15/h3-5,10,15H,6-8,14H2,1-2H3/t10-,13-/m1/s1. The van der Waals surface area contributed by atoms with Crippen molar-refractivity contribution in [1.82, 2.24) is 0 Å². The number of benzene rings is 1. The lowest BCUT2D eigenvalue weighted by molar-refractivity contribution is 0.211. The third-order valence-electron chi connectivity index (χ3n) is 3.72. The Labute approximate surface area is 101 Å². The maximum atomic E-state index is 9.43. The van der Waals surface area contributed by atoms with Gasteiger partial charge >= 0.3 is 0 Å². The number of methoxy groups -OCH3 is 2. The summed E-state index contributed by atoms with van der Waals surface area (Å²) in [6, 6.07) is 5.82. The van der Waals surface area contributed by atoms with Crippen molar-refractivity contribution in [2.24, 2.45) is 11.1 Å². The van der Waals surface area contributed by atoms with Crippen molar-refractivity contribution in [1.29, 1.82) is 0 Å². The molecule has 2 atom stereocenters. The van der Waals surface area contributed by atoms with Crippen LogP contribution >= 0.6 is 0 Å². The molecule has 94 valence electrons. The summed E-state index contributed by atoms with van der Waals surface area (Å²) in [4.78, 5) is 0. The zero-order valence-electron chi connectivity index (χ0n) is 10.3. The fourth-order valence-corrected chi connectivity index (χ4v) is 2.44. The highest BCUT2D eigenvalue weighted by molar-refractivity contribution is 5.51. The van der Waals surface area contributed by atoms with Crippen LogP contribution in [0.4, 0.5) is 0 Å². The van der Waals surface area contributed by atoms with Crippen molar-refractivity contribution in [3.63, 3.8) is 0 Å². The Morgan fingerprint density at radius 1 is 1.41 bits per heavy atom. The topological polar surface area (TPSA) is 64.7 Å². The van der Waals surface area contributed by atoms with Crippen molar-refractivity contribution in [2.75, 3.05) is 27.4 Å². The van der Waals surface area contributed by atoms with Crippen molar-refractivity contribution in [3.8, 4) is 11.5 Å².